The Labute approximate surface area is 237 Å². The number of benzene rings is 1. The van der Waals surface area contributed by atoms with Gasteiger partial charge < -0.3 is 15.0 Å². The normalized spacial score (nSPS) is 24.2. The maximum atomic E-state index is 14.2. The van der Waals surface area contributed by atoms with Crippen LogP contribution >= 0.6 is 11.6 Å². The monoisotopic (exact) mass is 577 g/mol. The fourth-order valence-corrected chi connectivity index (χ4v) is 6.26. The molecule has 2 aliphatic heterocycles. The average molecular weight is 578 g/mol. The second-order valence-corrected chi connectivity index (χ2v) is 11.0. The van der Waals surface area contributed by atoms with Gasteiger partial charge in [-0.25, -0.2) is 4.79 Å². The van der Waals surface area contributed by atoms with Crippen molar-refractivity contribution in [3.63, 3.8) is 0 Å². The van der Waals surface area contributed by atoms with Crippen LogP contribution in [-0.2, 0) is 10.9 Å². The third-order valence-electron chi connectivity index (χ3n) is 7.94. The largest absolute Gasteiger partial charge is 0.462 e. The van der Waals surface area contributed by atoms with Gasteiger partial charge in [-0.2, -0.15) is 18.3 Å². The molecule has 3 aliphatic rings. The number of piperidine rings is 1. The third kappa shape index (κ3) is 5.94. The molecule has 3 unspecified atom stereocenters. The second kappa shape index (κ2) is 12.0. The molecule has 0 radical (unpaired) electrons. The summed E-state index contributed by atoms with van der Waals surface area (Å²) in [5, 5.41) is 8.01. The number of carbonyl (C=O) groups is 1. The number of ether oxygens (including phenoxy) is 1. The van der Waals surface area contributed by atoms with E-state index in [9.17, 15) is 18.0 Å². The van der Waals surface area contributed by atoms with E-state index in [-0.39, 0.29) is 6.61 Å². The number of alkyl halides is 3. The zero-order chi connectivity index (χ0) is 28.4. The number of piperazine rings is 1. The molecule has 7 nitrogen and oxygen atoms in total. The highest BCUT2D eigenvalue weighted by Gasteiger charge is 2.42. The number of aromatic nitrogens is 2. The zero-order valence-electron chi connectivity index (χ0n) is 22.8. The highest BCUT2D eigenvalue weighted by atomic mass is 35.5. The molecule has 5 rings (SSSR count). The lowest BCUT2D eigenvalue weighted by Crippen LogP contribution is -2.49. The highest BCUT2D eigenvalue weighted by molar-refractivity contribution is 6.31. The fraction of sp³-hybridized carbons (Fsp3) is 0.517. The van der Waals surface area contributed by atoms with Crippen LogP contribution in [-0.4, -0.2) is 72.6 Å². The van der Waals surface area contributed by atoms with Crippen molar-refractivity contribution in [2.24, 2.45) is 5.92 Å². The highest BCUT2D eigenvalue weighted by Crippen LogP contribution is 2.39. The van der Waals surface area contributed by atoms with Gasteiger partial charge in [0.05, 0.1) is 18.8 Å². The summed E-state index contributed by atoms with van der Waals surface area (Å²) in [6, 6.07) is 5.48. The molecule has 3 heterocycles. The molecular formula is C29H35ClF3N5O2. The number of hydrogen-bond acceptors (Lipinski definition) is 6. The Kier molecular flexibility index (Phi) is 8.58. The van der Waals surface area contributed by atoms with Crippen molar-refractivity contribution in [2.75, 3.05) is 50.8 Å². The molecule has 2 aromatic rings. The summed E-state index contributed by atoms with van der Waals surface area (Å²) in [5.74, 6) is -0.717. The predicted octanol–water partition coefficient (Wildman–Crippen LogP) is 5.44. The molecule has 0 saturated carbocycles. The number of allylic oxidation sites excluding steroid dienone is 2. The van der Waals surface area contributed by atoms with E-state index in [2.05, 4.69) is 45.4 Å². The van der Waals surface area contributed by atoms with E-state index in [4.69, 9.17) is 16.3 Å². The van der Waals surface area contributed by atoms with E-state index in [1.165, 1.54) is 0 Å². The Balaban J connectivity index is 1.43. The van der Waals surface area contributed by atoms with E-state index in [1.807, 2.05) is 18.2 Å². The molecule has 2 saturated heterocycles. The van der Waals surface area contributed by atoms with Crippen LogP contribution in [0.3, 0.4) is 0 Å². The first-order chi connectivity index (χ1) is 19.2. The van der Waals surface area contributed by atoms with Crippen molar-refractivity contribution in [3.8, 4) is 0 Å². The fourth-order valence-electron chi connectivity index (χ4n) is 6.09. The molecule has 216 valence electrons. The quantitative estimate of drug-likeness (QED) is 0.462. The van der Waals surface area contributed by atoms with Crippen LogP contribution in [0, 0.1) is 5.92 Å². The number of anilines is 1. The molecule has 11 heteroatoms. The van der Waals surface area contributed by atoms with Gasteiger partial charge >= 0.3 is 12.1 Å². The molecule has 3 atom stereocenters. The number of carbonyl (C=O) groups excluding carboxylic acids is 1. The van der Waals surface area contributed by atoms with Crippen LogP contribution in [0.4, 0.5) is 18.9 Å². The Morgan fingerprint density at radius 2 is 2.00 bits per heavy atom. The van der Waals surface area contributed by atoms with Crippen molar-refractivity contribution in [2.45, 2.75) is 44.9 Å². The smallest absolute Gasteiger partial charge is 0.433 e. The first-order valence-corrected chi connectivity index (χ1v) is 14.3. The summed E-state index contributed by atoms with van der Waals surface area (Å²) in [7, 11) is 0. The standard InChI is InChI=1S/C29H35ClF3N5O2/c1-3-40-28(39)24-17-35-38(27(24)29(31,32)33)22-5-4-12-37(18-22)26-16-21(30)7-8-23(26)20-6-9-25(19(2)15-20)36-13-10-34-11-14-36/h6-9,15-17,19,22,25,34H,3-5,10-14,18H2,1-2H3. The Morgan fingerprint density at radius 3 is 2.70 bits per heavy atom. The Morgan fingerprint density at radius 1 is 1.23 bits per heavy atom. The molecule has 1 N–H and O–H groups in total. The predicted molar refractivity (Wildman–Crippen MR) is 150 cm³/mol. The van der Waals surface area contributed by atoms with Crippen molar-refractivity contribution in [1.29, 1.82) is 0 Å². The van der Waals surface area contributed by atoms with Gasteiger partial charge in [-0.15, -0.1) is 0 Å². The molecule has 1 aromatic heterocycles. The van der Waals surface area contributed by atoms with Crippen LogP contribution in [0.15, 0.2) is 42.6 Å². The number of esters is 1. The molecule has 0 spiro atoms. The Hall–Kier alpha value is -2.82. The molecule has 1 aliphatic carbocycles. The lowest BCUT2D eigenvalue weighted by molar-refractivity contribution is -0.145. The lowest BCUT2D eigenvalue weighted by atomic mass is 9.87. The lowest BCUT2D eigenvalue weighted by Gasteiger charge is -2.38. The first kappa shape index (κ1) is 28.7. The summed E-state index contributed by atoms with van der Waals surface area (Å²) >= 11 is 6.44. The van der Waals surface area contributed by atoms with E-state index in [0.29, 0.717) is 42.9 Å². The van der Waals surface area contributed by atoms with Gasteiger partial charge in [0, 0.05) is 61.6 Å². The summed E-state index contributed by atoms with van der Waals surface area (Å²) in [4.78, 5) is 16.9. The minimum absolute atomic E-state index is 0.0189. The summed E-state index contributed by atoms with van der Waals surface area (Å²) in [5.41, 5.74) is 1.34. The number of hydrogen-bond donors (Lipinski definition) is 1. The minimum Gasteiger partial charge on any atom is -0.462 e. The number of nitrogens with one attached hydrogen (secondary N) is 1. The van der Waals surface area contributed by atoms with Crippen molar-refractivity contribution >= 4 is 28.8 Å². The van der Waals surface area contributed by atoms with Crippen LogP contribution in [0.5, 0.6) is 0 Å². The van der Waals surface area contributed by atoms with Gasteiger partial charge in [0.1, 0.15) is 5.56 Å². The molecule has 0 bridgehead atoms. The molecular weight excluding hydrogens is 543 g/mol. The second-order valence-electron chi connectivity index (χ2n) is 10.6. The van der Waals surface area contributed by atoms with Crippen LogP contribution in [0.1, 0.15) is 54.3 Å². The third-order valence-corrected chi connectivity index (χ3v) is 8.18. The van der Waals surface area contributed by atoms with E-state index >= 15 is 0 Å². The van der Waals surface area contributed by atoms with Crippen LogP contribution < -0.4 is 10.2 Å². The molecule has 2 fully saturated rings. The van der Waals surface area contributed by atoms with E-state index in [1.54, 1.807) is 6.92 Å². The van der Waals surface area contributed by atoms with Crippen molar-refractivity contribution in [3.05, 3.63) is 64.5 Å². The zero-order valence-corrected chi connectivity index (χ0v) is 23.5. The van der Waals surface area contributed by atoms with Gasteiger partial charge in [-0.05, 0) is 43.4 Å². The van der Waals surface area contributed by atoms with Gasteiger partial charge in [0.25, 0.3) is 0 Å². The Bertz CT molecular complexity index is 1280. The number of halogens is 4. The van der Waals surface area contributed by atoms with Gasteiger partial charge in [0.2, 0.25) is 0 Å². The van der Waals surface area contributed by atoms with Crippen molar-refractivity contribution < 1.29 is 22.7 Å². The van der Waals surface area contributed by atoms with Crippen LogP contribution in [0.25, 0.3) is 5.57 Å². The number of rotatable bonds is 6. The maximum Gasteiger partial charge on any atom is 0.433 e. The van der Waals surface area contributed by atoms with Crippen LogP contribution in [0.2, 0.25) is 5.02 Å². The van der Waals surface area contributed by atoms with E-state index in [0.717, 1.165) is 53.9 Å². The summed E-state index contributed by atoms with van der Waals surface area (Å²) in [6.45, 7) is 8.72. The van der Waals surface area contributed by atoms with Crippen molar-refractivity contribution in [1.82, 2.24) is 20.0 Å². The van der Waals surface area contributed by atoms with E-state index < -0.39 is 29.4 Å². The SMILES string of the molecule is CCOC(=O)c1cnn(C2CCCN(c3cc(Cl)ccc3C3=CC(C)C(N4CCNCC4)C=C3)C2)c1C(F)(F)F. The average Bonchev–Trinajstić information content (AvgIpc) is 3.40. The number of nitrogens with zero attached hydrogens (tertiary/aromatic N) is 4. The minimum atomic E-state index is -4.75. The maximum absolute atomic E-state index is 14.2. The summed E-state index contributed by atoms with van der Waals surface area (Å²) < 4.78 is 48.3. The summed E-state index contributed by atoms with van der Waals surface area (Å²) in [6.07, 6.45) is 4.09. The molecule has 1 aromatic carbocycles. The topological polar surface area (TPSA) is 62.6 Å². The molecule has 0 amide bonds. The first-order valence-electron chi connectivity index (χ1n) is 13.9. The van der Waals surface area contributed by atoms with Gasteiger partial charge in [0.15, 0.2) is 5.69 Å². The van der Waals surface area contributed by atoms with Gasteiger partial charge in [-0.1, -0.05) is 42.8 Å². The molecule has 40 heavy (non-hydrogen) atoms. The van der Waals surface area contributed by atoms with Gasteiger partial charge in [-0.3, -0.25) is 9.58 Å².